The molecule has 0 saturated carbocycles. The van der Waals surface area contributed by atoms with Gasteiger partial charge in [0.15, 0.2) is 0 Å². The van der Waals surface area contributed by atoms with Crippen LogP contribution in [0.1, 0.15) is 5.56 Å². The van der Waals surface area contributed by atoms with Gasteiger partial charge in [0.2, 0.25) is 0 Å². The van der Waals surface area contributed by atoms with Crippen molar-refractivity contribution in [3.63, 3.8) is 0 Å². The van der Waals surface area contributed by atoms with E-state index < -0.39 is 0 Å². The van der Waals surface area contributed by atoms with Gasteiger partial charge < -0.3 is 4.74 Å². The van der Waals surface area contributed by atoms with E-state index in [1.54, 1.807) is 0 Å². The molecule has 0 aliphatic rings. The van der Waals surface area contributed by atoms with Crippen LogP contribution in [0.15, 0.2) is 67.3 Å². The van der Waals surface area contributed by atoms with Crippen LogP contribution in [0.2, 0.25) is 0 Å². The van der Waals surface area contributed by atoms with Crippen molar-refractivity contribution < 1.29 is 9.53 Å². The molecule has 0 aliphatic carbocycles. The third-order valence-electron chi connectivity index (χ3n) is 2.88. The molecule has 96 valence electrons. The first-order chi connectivity index (χ1) is 9.31. The summed E-state index contributed by atoms with van der Waals surface area (Å²) in [7, 11) is 0. The Morgan fingerprint density at radius 2 is 1.74 bits per heavy atom. The van der Waals surface area contributed by atoms with E-state index in [0.717, 1.165) is 0 Å². The van der Waals surface area contributed by atoms with Crippen LogP contribution in [0.5, 0.6) is 0 Å². The Morgan fingerprint density at radius 1 is 1.05 bits per heavy atom. The molecule has 0 fully saturated rings. The Hall–Kier alpha value is -2.35. The average Bonchev–Trinajstić information content (AvgIpc) is 2.48. The van der Waals surface area contributed by atoms with E-state index in [4.69, 9.17) is 4.74 Å². The minimum atomic E-state index is -0.378. The average molecular weight is 252 g/mol. The SMILES string of the molecule is C=CC(=O)OCCc1ccccc1-c1ccccc1. The molecule has 2 nitrogen and oxygen atoms in total. The Kier molecular flexibility index (Phi) is 4.51. The highest BCUT2D eigenvalue weighted by Crippen LogP contribution is 2.23. The minimum Gasteiger partial charge on any atom is -0.462 e. The predicted molar refractivity (Wildman–Crippen MR) is 76.7 cm³/mol. The highest BCUT2D eigenvalue weighted by molar-refractivity contribution is 5.81. The maximum absolute atomic E-state index is 11.0. The zero-order valence-corrected chi connectivity index (χ0v) is 10.7. The van der Waals surface area contributed by atoms with Gasteiger partial charge in [-0.1, -0.05) is 61.2 Å². The summed E-state index contributed by atoms with van der Waals surface area (Å²) in [6, 6.07) is 18.3. The Bertz CT molecular complexity index is 558. The monoisotopic (exact) mass is 252 g/mol. The quantitative estimate of drug-likeness (QED) is 0.600. The van der Waals surface area contributed by atoms with Crippen LogP contribution in [-0.2, 0) is 16.0 Å². The summed E-state index contributed by atoms with van der Waals surface area (Å²) in [5, 5.41) is 0. The Morgan fingerprint density at radius 3 is 2.47 bits per heavy atom. The second-order valence-electron chi connectivity index (χ2n) is 4.14. The predicted octanol–water partition coefficient (Wildman–Crippen LogP) is 3.63. The van der Waals surface area contributed by atoms with Crippen molar-refractivity contribution >= 4 is 5.97 Å². The lowest BCUT2D eigenvalue weighted by molar-refractivity contribution is -0.137. The van der Waals surface area contributed by atoms with Gasteiger partial charge in [0.25, 0.3) is 0 Å². The van der Waals surface area contributed by atoms with Crippen molar-refractivity contribution in [2.45, 2.75) is 6.42 Å². The van der Waals surface area contributed by atoms with Gasteiger partial charge in [-0.3, -0.25) is 0 Å². The molecule has 0 saturated heterocycles. The molecule has 2 heteroatoms. The molecule has 2 rings (SSSR count). The molecule has 0 N–H and O–H groups in total. The third kappa shape index (κ3) is 3.55. The van der Waals surface area contributed by atoms with Crippen molar-refractivity contribution in [1.29, 1.82) is 0 Å². The van der Waals surface area contributed by atoms with Gasteiger partial charge in [-0.25, -0.2) is 4.79 Å². The van der Waals surface area contributed by atoms with Crippen LogP contribution < -0.4 is 0 Å². The van der Waals surface area contributed by atoms with Gasteiger partial charge in [0.1, 0.15) is 0 Å². The standard InChI is InChI=1S/C17H16O2/c1-2-17(18)19-13-12-15-10-6-7-11-16(15)14-8-4-3-5-9-14/h2-11H,1,12-13H2. The fourth-order valence-electron chi connectivity index (χ4n) is 1.96. The summed E-state index contributed by atoms with van der Waals surface area (Å²) in [4.78, 5) is 11.0. The molecule has 2 aromatic rings. The summed E-state index contributed by atoms with van der Waals surface area (Å²) in [5.74, 6) is -0.378. The van der Waals surface area contributed by atoms with Crippen molar-refractivity contribution in [2.75, 3.05) is 6.61 Å². The summed E-state index contributed by atoms with van der Waals surface area (Å²) in [6.45, 7) is 3.75. The minimum absolute atomic E-state index is 0.370. The van der Waals surface area contributed by atoms with Gasteiger partial charge >= 0.3 is 5.97 Å². The second kappa shape index (κ2) is 6.55. The number of rotatable bonds is 5. The molecular formula is C17H16O2. The normalized spacial score (nSPS) is 9.89. The first kappa shape index (κ1) is 13.1. The zero-order valence-electron chi connectivity index (χ0n) is 10.7. The summed E-state index contributed by atoms with van der Waals surface area (Å²) >= 11 is 0. The summed E-state index contributed by atoms with van der Waals surface area (Å²) in [5.41, 5.74) is 3.52. The van der Waals surface area contributed by atoms with Crippen LogP contribution in [-0.4, -0.2) is 12.6 Å². The fourth-order valence-corrected chi connectivity index (χ4v) is 1.96. The molecular weight excluding hydrogens is 236 g/mol. The van der Waals surface area contributed by atoms with Gasteiger partial charge in [0, 0.05) is 12.5 Å². The third-order valence-corrected chi connectivity index (χ3v) is 2.88. The lowest BCUT2D eigenvalue weighted by atomic mass is 9.98. The molecule has 0 spiro atoms. The summed E-state index contributed by atoms with van der Waals surface area (Å²) in [6.07, 6.45) is 1.88. The molecule has 0 bridgehead atoms. The van der Waals surface area contributed by atoms with E-state index >= 15 is 0 Å². The number of ether oxygens (including phenoxy) is 1. The van der Waals surface area contributed by atoms with Crippen LogP contribution in [0.4, 0.5) is 0 Å². The van der Waals surface area contributed by atoms with E-state index in [1.165, 1.54) is 22.8 Å². The van der Waals surface area contributed by atoms with E-state index in [9.17, 15) is 4.79 Å². The van der Waals surface area contributed by atoms with Gasteiger partial charge in [0.05, 0.1) is 6.61 Å². The van der Waals surface area contributed by atoms with Gasteiger partial charge in [-0.05, 0) is 16.7 Å². The topological polar surface area (TPSA) is 26.3 Å². The van der Waals surface area contributed by atoms with Crippen LogP contribution >= 0.6 is 0 Å². The van der Waals surface area contributed by atoms with Crippen LogP contribution in [0.25, 0.3) is 11.1 Å². The number of benzene rings is 2. The van der Waals surface area contributed by atoms with Crippen molar-refractivity contribution in [3.05, 3.63) is 72.8 Å². The largest absolute Gasteiger partial charge is 0.462 e. The smallest absolute Gasteiger partial charge is 0.330 e. The molecule has 0 radical (unpaired) electrons. The second-order valence-corrected chi connectivity index (χ2v) is 4.14. The van der Waals surface area contributed by atoms with Crippen molar-refractivity contribution in [1.82, 2.24) is 0 Å². The highest BCUT2D eigenvalue weighted by Gasteiger charge is 2.04. The molecule has 0 aromatic heterocycles. The number of hydrogen-bond donors (Lipinski definition) is 0. The molecule has 0 unspecified atom stereocenters. The summed E-state index contributed by atoms with van der Waals surface area (Å²) < 4.78 is 5.03. The zero-order chi connectivity index (χ0) is 13.5. The molecule has 0 aliphatic heterocycles. The maximum atomic E-state index is 11.0. The lowest BCUT2D eigenvalue weighted by Gasteiger charge is -2.09. The highest BCUT2D eigenvalue weighted by atomic mass is 16.5. The van der Waals surface area contributed by atoms with E-state index in [0.29, 0.717) is 13.0 Å². The molecule has 0 atom stereocenters. The van der Waals surface area contributed by atoms with Gasteiger partial charge in [-0.15, -0.1) is 0 Å². The van der Waals surface area contributed by atoms with Crippen molar-refractivity contribution in [2.24, 2.45) is 0 Å². The Balaban J connectivity index is 2.13. The van der Waals surface area contributed by atoms with E-state index in [1.807, 2.05) is 30.3 Å². The fraction of sp³-hybridized carbons (Fsp3) is 0.118. The number of carbonyl (C=O) groups is 1. The molecule has 2 aromatic carbocycles. The number of carbonyl (C=O) groups excluding carboxylic acids is 1. The first-order valence-corrected chi connectivity index (χ1v) is 6.24. The Labute approximate surface area is 113 Å². The molecule has 0 amide bonds. The maximum Gasteiger partial charge on any atom is 0.330 e. The van der Waals surface area contributed by atoms with Crippen LogP contribution in [0, 0.1) is 0 Å². The number of hydrogen-bond acceptors (Lipinski definition) is 2. The first-order valence-electron chi connectivity index (χ1n) is 6.24. The van der Waals surface area contributed by atoms with Crippen LogP contribution in [0.3, 0.4) is 0 Å². The molecule has 19 heavy (non-hydrogen) atoms. The van der Waals surface area contributed by atoms with Gasteiger partial charge in [-0.2, -0.15) is 0 Å². The van der Waals surface area contributed by atoms with E-state index in [-0.39, 0.29) is 5.97 Å². The molecule has 0 heterocycles. The van der Waals surface area contributed by atoms with Crippen molar-refractivity contribution in [3.8, 4) is 11.1 Å². The van der Waals surface area contributed by atoms with E-state index in [2.05, 4.69) is 30.8 Å². The number of esters is 1. The lowest BCUT2D eigenvalue weighted by Crippen LogP contribution is -2.05.